The fourth-order valence-corrected chi connectivity index (χ4v) is 3.20. The summed E-state index contributed by atoms with van der Waals surface area (Å²) in [4.78, 5) is 14.5. The normalized spacial score (nSPS) is 10.6. The molecule has 2 aromatic carbocycles. The molecule has 2 rings (SSSR count). The Hall–Kier alpha value is -1.54. The molecule has 1 nitrogen and oxygen atoms in total. The number of hydrogen-bond acceptors (Lipinski definition) is 2. The topological polar surface area (TPSA) is 17.1 Å². The quantitative estimate of drug-likeness (QED) is 0.394. The summed E-state index contributed by atoms with van der Waals surface area (Å²) >= 11 is 1.72. The second-order valence-electron chi connectivity index (χ2n) is 5.53. The van der Waals surface area contributed by atoms with Gasteiger partial charge in [0.1, 0.15) is 0 Å². The molecular formula is C20H24OS. The van der Waals surface area contributed by atoms with Gasteiger partial charge in [-0.1, -0.05) is 74.7 Å². The van der Waals surface area contributed by atoms with Gasteiger partial charge in [-0.15, -0.1) is 0 Å². The van der Waals surface area contributed by atoms with E-state index in [1.54, 1.807) is 11.8 Å². The highest BCUT2D eigenvalue weighted by atomic mass is 32.2. The highest BCUT2D eigenvalue weighted by Crippen LogP contribution is 2.27. The fourth-order valence-electron chi connectivity index (χ4n) is 2.37. The third-order valence-electron chi connectivity index (χ3n) is 3.66. The van der Waals surface area contributed by atoms with Crippen molar-refractivity contribution in [3.63, 3.8) is 0 Å². The number of carbonyl (C=O) groups is 1. The first-order valence-electron chi connectivity index (χ1n) is 8.16. The maximum atomic E-state index is 12.1. The maximum absolute atomic E-state index is 12.1. The van der Waals surface area contributed by atoms with Crippen LogP contribution in [0.4, 0.5) is 0 Å². The van der Waals surface area contributed by atoms with Gasteiger partial charge >= 0.3 is 0 Å². The molecule has 0 fully saturated rings. The van der Waals surface area contributed by atoms with Gasteiger partial charge in [-0.05, 0) is 30.7 Å². The minimum atomic E-state index is 0.271. The van der Waals surface area contributed by atoms with Crippen molar-refractivity contribution in [1.82, 2.24) is 0 Å². The summed E-state index contributed by atoms with van der Waals surface area (Å²) in [5.41, 5.74) is 0.841. The van der Waals surface area contributed by atoms with Gasteiger partial charge in [0.25, 0.3) is 0 Å². The number of unbranched alkanes of at least 4 members (excludes halogenated alkanes) is 4. The van der Waals surface area contributed by atoms with Gasteiger partial charge in [-0.25, -0.2) is 0 Å². The van der Waals surface area contributed by atoms with E-state index in [4.69, 9.17) is 0 Å². The highest BCUT2D eigenvalue weighted by molar-refractivity contribution is 7.99. The molecule has 0 unspecified atom stereocenters. The van der Waals surface area contributed by atoms with Gasteiger partial charge in [0.2, 0.25) is 0 Å². The molecule has 0 saturated carbocycles. The van der Waals surface area contributed by atoms with Crippen molar-refractivity contribution in [2.24, 2.45) is 0 Å². The van der Waals surface area contributed by atoms with Crippen molar-refractivity contribution in [2.75, 3.05) is 0 Å². The Kier molecular flexibility index (Phi) is 7.24. The molecule has 0 saturated heterocycles. The molecule has 0 aliphatic rings. The Bertz CT molecular complexity index is 560. The standard InChI is InChI=1S/C20H24OS/c1-2-3-4-5-9-12-20(21)17-13-15-19(16-14-17)22-18-10-7-6-8-11-18/h6-8,10-11,13-16H,2-5,9,12H2,1H3. The number of carbonyl (C=O) groups excluding carboxylic acids is 1. The van der Waals surface area contributed by atoms with E-state index in [1.165, 1.54) is 35.5 Å². The Morgan fingerprint density at radius 1 is 0.818 bits per heavy atom. The van der Waals surface area contributed by atoms with E-state index in [-0.39, 0.29) is 5.78 Å². The molecular weight excluding hydrogens is 288 g/mol. The zero-order valence-corrected chi connectivity index (χ0v) is 14.1. The number of benzene rings is 2. The Labute approximate surface area is 138 Å². The molecule has 116 valence electrons. The summed E-state index contributed by atoms with van der Waals surface area (Å²) in [7, 11) is 0. The highest BCUT2D eigenvalue weighted by Gasteiger charge is 2.06. The summed E-state index contributed by atoms with van der Waals surface area (Å²) in [6.07, 6.45) is 6.63. The van der Waals surface area contributed by atoms with Crippen LogP contribution in [0.15, 0.2) is 64.4 Å². The molecule has 0 aliphatic heterocycles. The SMILES string of the molecule is CCCCCCCC(=O)c1ccc(Sc2ccccc2)cc1. The van der Waals surface area contributed by atoms with Gasteiger partial charge in [0, 0.05) is 21.8 Å². The molecule has 0 aromatic heterocycles. The molecule has 0 spiro atoms. The van der Waals surface area contributed by atoms with E-state index in [9.17, 15) is 4.79 Å². The van der Waals surface area contributed by atoms with Crippen molar-refractivity contribution in [3.8, 4) is 0 Å². The van der Waals surface area contributed by atoms with Crippen molar-refractivity contribution in [1.29, 1.82) is 0 Å². The largest absolute Gasteiger partial charge is 0.294 e. The number of Topliss-reactive ketones (excluding diaryl/α,β-unsaturated/α-hetero) is 1. The van der Waals surface area contributed by atoms with Gasteiger partial charge in [-0.3, -0.25) is 4.79 Å². The molecule has 0 aliphatic carbocycles. The third-order valence-corrected chi connectivity index (χ3v) is 4.68. The van der Waals surface area contributed by atoms with Crippen LogP contribution in [0.3, 0.4) is 0 Å². The number of rotatable bonds is 9. The van der Waals surface area contributed by atoms with Crippen molar-refractivity contribution in [2.45, 2.75) is 55.2 Å². The first kappa shape index (κ1) is 16.8. The minimum absolute atomic E-state index is 0.271. The van der Waals surface area contributed by atoms with Crippen LogP contribution < -0.4 is 0 Å². The van der Waals surface area contributed by atoms with E-state index in [1.807, 2.05) is 42.5 Å². The molecule has 0 heterocycles. The van der Waals surface area contributed by atoms with Crippen LogP contribution in [0.2, 0.25) is 0 Å². The lowest BCUT2D eigenvalue weighted by Crippen LogP contribution is -1.98. The maximum Gasteiger partial charge on any atom is 0.162 e. The summed E-state index contributed by atoms with van der Waals surface area (Å²) in [5.74, 6) is 0.271. The third kappa shape index (κ3) is 5.69. The summed E-state index contributed by atoms with van der Waals surface area (Å²) < 4.78 is 0. The Balaban J connectivity index is 1.82. The van der Waals surface area contributed by atoms with Gasteiger partial charge in [0.05, 0.1) is 0 Å². The van der Waals surface area contributed by atoms with Crippen LogP contribution in [0.25, 0.3) is 0 Å². The molecule has 2 heteroatoms. The number of ketones is 1. The monoisotopic (exact) mass is 312 g/mol. The Morgan fingerprint density at radius 3 is 2.14 bits per heavy atom. The van der Waals surface area contributed by atoms with Gasteiger partial charge < -0.3 is 0 Å². The average molecular weight is 312 g/mol. The first-order valence-corrected chi connectivity index (χ1v) is 8.97. The van der Waals surface area contributed by atoms with E-state index in [2.05, 4.69) is 19.1 Å². The van der Waals surface area contributed by atoms with E-state index < -0.39 is 0 Å². The summed E-state index contributed by atoms with van der Waals surface area (Å²) in [5, 5.41) is 0. The van der Waals surface area contributed by atoms with Gasteiger partial charge in [-0.2, -0.15) is 0 Å². The zero-order chi connectivity index (χ0) is 15.6. The van der Waals surface area contributed by atoms with Crippen LogP contribution in [0.1, 0.15) is 55.8 Å². The summed E-state index contributed by atoms with van der Waals surface area (Å²) in [6, 6.07) is 18.3. The van der Waals surface area contributed by atoms with E-state index in [0.29, 0.717) is 6.42 Å². The second-order valence-corrected chi connectivity index (χ2v) is 6.67. The lowest BCUT2D eigenvalue weighted by atomic mass is 10.0. The second kappa shape index (κ2) is 9.47. The van der Waals surface area contributed by atoms with Crippen LogP contribution in [-0.2, 0) is 0 Å². The van der Waals surface area contributed by atoms with E-state index >= 15 is 0 Å². The molecule has 0 amide bonds. The van der Waals surface area contributed by atoms with Crippen molar-refractivity contribution in [3.05, 3.63) is 60.2 Å². The van der Waals surface area contributed by atoms with Gasteiger partial charge in [0.15, 0.2) is 5.78 Å². The van der Waals surface area contributed by atoms with Crippen molar-refractivity contribution >= 4 is 17.5 Å². The average Bonchev–Trinajstić information content (AvgIpc) is 2.56. The summed E-state index contributed by atoms with van der Waals surface area (Å²) in [6.45, 7) is 2.21. The molecule has 0 N–H and O–H groups in total. The van der Waals surface area contributed by atoms with Crippen LogP contribution in [0, 0.1) is 0 Å². The van der Waals surface area contributed by atoms with E-state index in [0.717, 1.165) is 12.0 Å². The molecule has 2 aromatic rings. The lowest BCUT2D eigenvalue weighted by Gasteiger charge is -2.04. The molecule has 0 bridgehead atoms. The molecule has 0 atom stereocenters. The Morgan fingerprint density at radius 2 is 1.45 bits per heavy atom. The zero-order valence-electron chi connectivity index (χ0n) is 13.3. The number of hydrogen-bond donors (Lipinski definition) is 0. The first-order chi connectivity index (χ1) is 10.8. The van der Waals surface area contributed by atoms with Crippen LogP contribution in [-0.4, -0.2) is 5.78 Å². The predicted molar refractivity (Wildman–Crippen MR) is 94.7 cm³/mol. The smallest absolute Gasteiger partial charge is 0.162 e. The minimum Gasteiger partial charge on any atom is -0.294 e. The molecule has 22 heavy (non-hydrogen) atoms. The predicted octanol–water partition coefficient (Wildman–Crippen LogP) is 6.38. The lowest BCUT2D eigenvalue weighted by molar-refractivity contribution is 0.0979. The van der Waals surface area contributed by atoms with Crippen LogP contribution >= 0.6 is 11.8 Å². The van der Waals surface area contributed by atoms with Crippen molar-refractivity contribution < 1.29 is 4.79 Å². The van der Waals surface area contributed by atoms with Crippen LogP contribution in [0.5, 0.6) is 0 Å². The fraction of sp³-hybridized carbons (Fsp3) is 0.350. The molecule has 0 radical (unpaired) electrons.